The van der Waals surface area contributed by atoms with E-state index in [9.17, 15) is 9.59 Å². The van der Waals surface area contributed by atoms with E-state index in [4.69, 9.17) is 4.74 Å². The van der Waals surface area contributed by atoms with Gasteiger partial charge in [0.05, 0.1) is 18.5 Å². The van der Waals surface area contributed by atoms with Crippen molar-refractivity contribution in [2.24, 2.45) is 0 Å². The highest BCUT2D eigenvalue weighted by Crippen LogP contribution is 2.42. The van der Waals surface area contributed by atoms with Gasteiger partial charge >= 0.3 is 0 Å². The SMILES string of the molecule is CCC(=O)Nc1cc2c(cc1OC)C(c1cc(C(C)(C)C)n[nH]1)CC(=O)N2. The zero-order valence-electron chi connectivity index (χ0n) is 16.4. The fourth-order valence-corrected chi connectivity index (χ4v) is 3.17. The van der Waals surface area contributed by atoms with Gasteiger partial charge in [-0.15, -0.1) is 0 Å². The maximum absolute atomic E-state index is 12.3. The minimum atomic E-state index is -0.151. The molecule has 7 heteroatoms. The molecule has 0 saturated heterocycles. The van der Waals surface area contributed by atoms with Crippen LogP contribution in [-0.4, -0.2) is 29.1 Å². The van der Waals surface area contributed by atoms with E-state index in [2.05, 4.69) is 41.6 Å². The summed E-state index contributed by atoms with van der Waals surface area (Å²) >= 11 is 0. The van der Waals surface area contributed by atoms with Crippen molar-refractivity contribution in [1.82, 2.24) is 10.2 Å². The highest BCUT2D eigenvalue weighted by molar-refractivity contribution is 5.98. The first-order valence-electron chi connectivity index (χ1n) is 9.10. The van der Waals surface area contributed by atoms with E-state index in [1.54, 1.807) is 20.1 Å². The van der Waals surface area contributed by atoms with Crippen LogP contribution in [0, 0.1) is 0 Å². The van der Waals surface area contributed by atoms with E-state index in [0.717, 1.165) is 17.0 Å². The van der Waals surface area contributed by atoms with Crippen LogP contribution in [0.5, 0.6) is 5.75 Å². The first-order chi connectivity index (χ1) is 12.7. The average molecular weight is 370 g/mol. The Morgan fingerprint density at radius 3 is 2.67 bits per heavy atom. The van der Waals surface area contributed by atoms with Crippen LogP contribution in [0.25, 0.3) is 0 Å². The van der Waals surface area contributed by atoms with Gasteiger partial charge in [-0.3, -0.25) is 14.7 Å². The quantitative estimate of drug-likeness (QED) is 0.767. The Balaban J connectivity index is 2.04. The number of amides is 2. The number of ether oxygens (including phenoxy) is 1. The third-order valence-electron chi connectivity index (χ3n) is 4.75. The van der Waals surface area contributed by atoms with E-state index in [1.165, 1.54) is 0 Å². The molecule has 2 amide bonds. The van der Waals surface area contributed by atoms with Gasteiger partial charge in [-0.05, 0) is 23.8 Å². The number of anilines is 2. The number of H-pyrrole nitrogens is 1. The van der Waals surface area contributed by atoms with Gasteiger partial charge in [0.2, 0.25) is 11.8 Å². The lowest BCUT2D eigenvalue weighted by molar-refractivity contribution is -0.117. The minimum absolute atomic E-state index is 0.0719. The van der Waals surface area contributed by atoms with Crippen molar-refractivity contribution in [3.8, 4) is 5.75 Å². The molecule has 1 aliphatic heterocycles. The summed E-state index contributed by atoms with van der Waals surface area (Å²) in [4.78, 5) is 24.1. The average Bonchev–Trinajstić information content (AvgIpc) is 3.10. The fraction of sp³-hybridized carbons (Fsp3) is 0.450. The molecule has 7 nitrogen and oxygen atoms in total. The van der Waals surface area contributed by atoms with E-state index < -0.39 is 0 Å². The normalized spacial score (nSPS) is 16.5. The van der Waals surface area contributed by atoms with Crippen LogP contribution in [0.1, 0.15) is 63.4 Å². The van der Waals surface area contributed by atoms with Gasteiger partial charge in [0.1, 0.15) is 5.75 Å². The number of hydrogen-bond acceptors (Lipinski definition) is 4. The van der Waals surface area contributed by atoms with E-state index in [1.807, 2.05) is 12.1 Å². The number of hydrogen-bond donors (Lipinski definition) is 3. The Morgan fingerprint density at radius 2 is 2.07 bits per heavy atom. The van der Waals surface area contributed by atoms with E-state index in [0.29, 0.717) is 30.0 Å². The molecule has 1 aromatic heterocycles. The predicted molar refractivity (Wildman–Crippen MR) is 104 cm³/mol. The zero-order chi connectivity index (χ0) is 19.8. The number of aromatic nitrogens is 2. The molecule has 2 heterocycles. The Hall–Kier alpha value is -2.83. The highest BCUT2D eigenvalue weighted by atomic mass is 16.5. The van der Waals surface area contributed by atoms with Crippen molar-refractivity contribution < 1.29 is 14.3 Å². The monoisotopic (exact) mass is 370 g/mol. The van der Waals surface area contributed by atoms with Gasteiger partial charge in [-0.1, -0.05) is 27.7 Å². The lowest BCUT2D eigenvalue weighted by Crippen LogP contribution is -2.24. The molecule has 1 aromatic carbocycles. The molecular weight excluding hydrogens is 344 g/mol. The standard InChI is InChI=1S/C20H26N4O3/c1-6-18(25)22-15-9-13-11(7-16(15)27-5)12(8-19(26)21-13)14-10-17(24-23-14)20(2,3)4/h7,9-10,12H,6,8H2,1-5H3,(H,21,26)(H,22,25)(H,23,24). The molecule has 1 atom stereocenters. The van der Waals surface area contributed by atoms with Gasteiger partial charge in [0, 0.05) is 35.6 Å². The number of nitrogens with zero attached hydrogens (tertiary/aromatic N) is 1. The van der Waals surface area contributed by atoms with Crippen LogP contribution < -0.4 is 15.4 Å². The van der Waals surface area contributed by atoms with Gasteiger partial charge < -0.3 is 15.4 Å². The summed E-state index contributed by atoms with van der Waals surface area (Å²) < 4.78 is 5.47. The minimum Gasteiger partial charge on any atom is -0.495 e. The third kappa shape index (κ3) is 3.82. The summed E-state index contributed by atoms with van der Waals surface area (Å²) in [5.74, 6) is 0.224. The van der Waals surface area contributed by atoms with Crippen molar-refractivity contribution in [3.63, 3.8) is 0 Å². The van der Waals surface area contributed by atoms with Crippen LogP contribution in [0.4, 0.5) is 11.4 Å². The second-order valence-corrected chi connectivity index (χ2v) is 7.80. The number of fused-ring (bicyclic) bond motifs is 1. The second kappa shape index (κ2) is 7.06. The maximum Gasteiger partial charge on any atom is 0.225 e. The van der Waals surface area contributed by atoms with Crippen LogP contribution in [-0.2, 0) is 15.0 Å². The summed E-state index contributed by atoms with van der Waals surface area (Å²) in [6.07, 6.45) is 0.682. The van der Waals surface area contributed by atoms with Crippen molar-refractivity contribution >= 4 is 23.2 Å². The topological polar surface area (TPSA) is 96.1 Å². The van der Waals surface area contributed by atoms with Crippen LogP contribution in [0.2, 0.25) is 0 Å². The van der Waals surface area contributed by atoms with Crippen molar-refractivity contribution in [2.75, 3.05) is 17.7 Å². The smallest absolute Gasteiger partial charge is 0.225 e. The Labute approximate surface area is 158 Å². The molecule has 0 bridgehead atoms. The molecule has 144 valence electrons. The van der Waals surface area contributed by atoms with Gasteiger partial charge in [-0.25, -0.2) is 0 Å². The van der Waals surface area contributed by atoms with Crippen LogP contribution in [0.15, 0.2) is 18.2 Å². The summed E-state index contributed by atoms with van der Waals surface area (Å²) in [5.41, 5.74) is 3.91. The van der Waals surface area contributed by atoms with E-state index >= 15 is 0 Å². The summed E-state index contributed by atoms with van der Waals surface area (Å²) in [5, 5.41) is 13.2. The largest absolute Gasteiger partial charge is 0.495 e. The number of methoxy groups -OCH3 is 1. The van der Waals surface area contributed by atoms with Crippen LogP contribution >= 0.6 is 0 Å². The first kappa shape index (κ1) is 18.9. The Kier molecular flexibility index (Phi) is 4.95. The van der Waals surface area contributed by atoms with Crippen molar-refractivity contribution in [3.05, 3.63) is 35.2 Å². The zero-order valence-corrected chi connectivity index (χ0v) is 16.4. The molecule has 0 fully saturated rings. The van der Waals surface area contributed by atoms with Gasteiger partial charge in [0.25, 0.3) is 0 Å². The highest BCUT2D eigenvalue weighted by Gasteiger charge is 2.30. The third-order valence-corrected chi connectivity index (χ3v) is 4.75. The number of benzene rings is 1. The lowest BCUT2D eigenvalue weighted by Gasteiger charge is -2.26. The number of rotatable bonds is 4. The molecule has 0 aliphatic carbocycles. The molecule has 1 unspecified atom stereocenters. The lowest BCUT2D eigenvalue weighted by atomic mass is 9.85. The molecular formula is C20H26N4O3. The first-order valence-corrected chi connectivity index (χ1v) is 9.10. The molecule has 3 N–H and O–H groups in total. The maximum atomic E-state index is 12.3. The molecule has 2 aromatic rings. The molecule has 3 rings (SSSR count). The number of aromatic amines is 1. The van der Waals surface area contributed by atoms with Crippen molar-refractivity contribution in [1.29, 1.82) is 0 Å². The number of carbonyl (C=O) groups excluding carboxylic acids is 2. The summed E-state index contributed by atoms with van der Waals surface area (Å²) in [6, 6.07) is 5.65. The van der Waals surface area contributed by atoms with E-state index in [-0.39, 0.29) is 23.1 Å². The summed E-state index contributed by atoms with van der Waals surface area (Å²) in [7, 11) is 1.56. The number of nitrogens with one attached hydrogen (secondary N) is 3. The van der Waals surface area contributed by atoms with Gasteiger partial charge in [-0.2, -0.15) is 5.10 Å². The Bertz CT molecular complexity index is 880. The Morgan fingerprint density at radius 1 is 1.33 bits per heavy atom. The molecule has 0 spiro atoms. The molecule has 1 aliphatic rings. The number of carbonyl (C=O) groups is 2. The fourth-order valence-electron chi connectivity index (χ4n) is 3.17. The summed E-state index contributed by atoms with van der Waals surface area (Å²) in [6.45, 7) is 8.07. The predicted octanol–water partition coefficient (Wildman–Crippen LogP) is 3.54. The molecule has 0 saturated carbocycles. The van der Waals surface area contributed by atoms with Crippen LogP contribution in [0.3, 0.4) is 0 Å². The van der Waals surface area contributed by atoms with Gasteiger partial charge in [0.15, 0.2) is 0 Å². The molecule has 0 radical (unpaired) electrons. The molecule has 27 heavy (non-hydrogen) atoms. The second-order valence-electron chi connectivity index (χ2n) is 7.80. The van der Waals surface area contributed by atoms with Crippen molar-refractivity contribution in [2.45, 2.75) is 51.9 Å².